The van der Waals surface area contributed by atoms with Gasteiger partial charge >= 0.3 is 0 Å². The molecular formula is C18H16ClN5O3S. The van der Waals surface area contributed by atoms with Gasteiger partial charge in [0.2, 0.25) is 5.91 Å². The molecule has 1 aromatic heterocycles. The van der Waals surface area contributed by atoms with E-state index in [-0.39, 0.29) is 22.3 Å². The Morgan fingerprint density at radius 2 is 2.07 bits per heavy atom. The average Bonchev–Trinajstić information content (AvgIpc) is 3.11. The molecule has 3 aromatic rings. The molecule has 10 heteroatoms. The molecule has 0 aliphatic heterocycles. The number of rotatable bonds is 6. The number of anilines is 1. The normalized spacial score (nSPS) is 11.8. The molecule has 0 saturated heterocycles. The lowest BCUT2D eigenvalue weighted by Gasteiger charge is -2.14. The second-order valence-electron chi connectivity index (χ2n) is 5.94. The Kier molecular flexibility index (Phi) is 5.96. The molecule has 0 aliphatic rings. The Morgan fingerprint density at radius 3 is 2.79 bits per heavy atom. The molecule has 28 heavy (non-hydrogen) atoms. The number of benzene rings is 2. The van der Waals surface area contributed by atoms with Crippen molar-refractivity contribution >= 4 is 40.6 Å². The largest absolute Gasteiger partial charge is 0.324 e. The summed E-state index contributed by atoms with van der Waals surface area (Å²) >= 11 is 7.27. The van der Waals surface area contributed by atoms with Crippen molar-refractivity contribution in [3.8, 4) is 5.69 Å². The van der Waals surface area contributed by atoms with Crippen molar-refractivity contribution < 1.29 is 9.72 Å². The van der Waals surface area contributed by atoms with Gasteiger partial charge in [-0.2, -0.15) is 0 Å². The van der Waals surface area contributed by atoms with E-state index in [1.807, 2.05) is 35.8 Å². The standard InChI is InChI=1S/C18H16ClN5O3S/c1-11-5-3-4-6-16(11)23-10-20-22-18(23)28-12(2)17(25)21-15-9-13(24(26)27)7-8-14(15)19/h3-10,12H,1-2H3,(H,21,25). The Balaban J connectivity index is 1.76. The number of nitrogens with one attached hydrogen (secondary N) is 1. The number of thioether (sulfide) groups is 1. The number of hydrogen-bond donors (Lipinski definition) is 1. The van der Waals surface area contributed by atoms with Gasteiger partial charge in [-0.05, 0) is 31.5 Å². The zero-order chi connectivity index (χ0) is 20.3. The molecule has 0 fully saturated rings. The van der Waals surface area contributed by atoms with Crippen LogP contribution in [-0.2, 0) is 4.79 Å². The molecule has 0 radical (unpaired) electrons. The molecule has 1 atom stereocenters. The van der Waals surface area contributed by atoms with Gasteiger partial charge in [0, 0.05) is 12.1 Å². The number of halogens is 1. The SMILES string of the molecule is Cc1ccccc1-n1cnnc1SC(C)C(=O)Nc1cc([N+](=O)[O-])ccc1Cl. The molecule has 1 unspecified atom stereocenters. The number of carbonyl (C=O) groups is 1. The van der Waals surface area contributed by atoms with Gasteiger partial charge in [-0.25, -0.2) is 0 Å². The molecular weight excluding hydrogens is 402 g/mol. The third kappa shape index (κ3) is 4.32. The predicted molar refractivity (Wildman–Crippen MR) is 108 cm³/mol. The van der Waals surface area contributed by atoms with Crippen LogP contribution in [0, 0.1) is 17.0 Å². The third-order valence-corrected chi connectivity index (χ3v) is 5.35. The van der Waals surface area contributed by atoms with E-state index in [1.165, 1.54) is 30.0 Å². The maximum absolute atomic E-state index is 12.6. The summed E-state index contributed by atoms with van der Waals surface area (Å²) in [6.45, 7) is 3.69. The predicted octanol–water partition coefficient (Wildman–Crippen LogP) is 4.26. The Bertz CT molecular complexity index is 1040. The van der Waals surface area contributed by atoms with Crippen molar-refractivity contribution in [2.75, 3.05) is 5.32 Å². The van der Waals surface area contributed by atoms with Gasteiger partial charge in [-0.1, -0.05) is 41.6 Å². The lowest BCUT2D eigenvalue weighted by molar-refractivity contribution is -0.384. The molecule has 1 N–H and O–H groups in total. The van der Waals surface area contributed by atoms with Gasteiger partial charge < -0.3 is 5.32 Å². The molecule has 3 rings (SSSR count). The molecule has 1 heterocycles. The fourth-order valence-electron chi connectivity index (χ4n) is 2.47. The van der Waals surface area contributed by atoms with Crippen LogP contribution in [0.3, 0.4) is 0 Å². The van der Waals surface area contributed by atoms with E-state index in [0.717, 1.165) is 11.3 Å². The maximum atomic E-state index is 12.6. The molecule has 0 saturated carbocycles. The number of aryl methyl sites for hydroxylation is 1. The van der Waals surface area contributed by atoms with Crippen LogP contribution in [0.25, 0.3) is 5.69 Å². The van der Waals surface area contributed by atoms with Crippen LogP contribution >= 0.6 is 23.4 Å². The number of carbonyl (C=O) groups excluding carboxylic acids is 1. The lowest BCUT2D eigenvalue weighted by atomic mass is 10.2. The van der Waals surface area contributed by atoms with Crippen LogP contribution in [0.5, 0.6) is 0 Å². The first-order valence-corrected chi connectivity index (χ1v) is 9.50. The van der Waals surface area contributed by atoms with Gasteiger partial charge in [0.05, 0.1) is 26.6 Å². The van der Waals surface area contributed by atoms with Crippen molar-refractivity contribution in [1.29, 1.82) is 0 Å². The second kappa shape index (κ2) is 8.41. The maximum Gasteiger partial charge on any atom is 0.271 e. The minimum Gasteiger partial charge on any atom is -0.324 e. The molecule has 2 aromatic carbocycles. The molecule has 1 amide bonds. The third-order valence-electron chi connectivity index (χ3n) is 3.96. The molecule has 144 valence electrons. The highest BCUT2D eigenvalue weighted by atomic mass is 35.5. The quantitative estimate of drug-likeness (QED) is 0.365. The van der Waals surface area contributed by atoms with Crippen molar-refractivity contribution in [3.05, 3.63) is 69.5 Å². The first-order valence-electron chi connectivity index (χ1n) is 8.24. The minimum absolute atomic E-state index is 0.153. The highest BCUT2D eigenvalue weighted by Crippen LogP contribution is 2.29. The zero-order valence-corrected chi connectivity index (χ0v) is 16.6. The van der Waals surface area contributed by atoms with Gasteiger partial charge in [0.25, 0.3) is 5.69 Å². The first kappa shape index (κ1) is 19.8. The van der Waals surface area contributed by atoms with Gasteiger partial charge in [0.15, 0.2) is 5.16 Å². The van der Waals surface area contributed by atoms with E-state index in [0.29, 0.717) is 5.16 Å². The van der Waals surface area contributed by atoms with Gasteiger partial charge in [0.1, 0.15) is 6.33 Å². The average molecular weight is 418 g/mol. The molecule has 0 spiro atoms. The monoisotopic (exact) mass is 417 g/mol. The van der Waals surface area contributed by atoms with Crippen LogP contribution in [0.1, 0.15) is 12.5 Å². The smallest absolute Gasteiger partial charge is 0.271 e. The van der Waals surface area contributed by atoms with E-state index in [4.69, 9.17) is 11.6 Å². The Labute approximate surface area is 170 Å². The number of nitro groups is 1. The summed E-state index contributed by atoms with van der Waals surface area (Å²) in [4.78, 5) is 22.9. The zero-order valence-electron chi connectivity index (χ0n) is 15.0. The van der Waals surface area contributed by atoms with Crippen LogP contribution < -0.4 is 5.32 Å². The topological polar surface area (TPSA) is 103 Å². The number of hydrogen-bond acceptors (Lipinski definition) is 6. The van der Waals surface area contributed by atoms with Crippen molar-refractivity contribution in [3.63, 3.8) is 0 Å². The number of nitro benzene ring substituents is 1. The molecule has 0 bridgehead atoms. The van der Waals surface area contributed by atoms with E-state index < -0.39 is 10.2 Å². The summed E-state index contributed by atoms with van der Waals surface area (Å²) in [7, 11) is 0. The fraction of sp³-hybridized carbons (Fsp3) is 0.167. The summed E-state index contributed by atoms with van der Waals surface area (Å²) in [5.74, 6) is -0.355. The van der Waals surface area contributed by atoms with Crippen LogP contribution in [0.2, 0.25) is 5.02 Å². The molecule has 8 nitrogen and oxygen atoms in total. The van der Waals surface area contributed by atoms with E-state index >= 15 is 0 Å². The van der Waals surface area contributed by atoms with Crippen molar-refractivity contribution in [2.45, 2.75) is 24.3 Å². The number of para-hydroxylation sites is 1. The number of nitrogens with zero attached hydrogens (tertiary/aromatic N) is 4. The summed E-state index contributed by atoms with van der Waals surface area (Å²) in [5, 5.41) is 21.8. The van der Waals surface area contributed by atoms with Gasteiger partial charge in [-0.15, -0.1) is 10.2 Å². The Morgan fingerprint density at radius 1 is 1.32 bits per heavy atom. The first-order chi connectivity index (χ1) is 13.4. The van der Waals surface area contributed by atoms with Crippen LogP contribution in [-0.4, -0.2) is 30.8 Å². The molecule has 0 aliphatic carbocycles. The number of amides is 1. The van der Waals surface area contributed by atoms with Crippen LogP contribution in [0.15, 0.2) is 53.9 Å². The fourth-order valence-corrected chi connectivity index (χ4v) is 3.47. The highest BCUT2D eigenvalue weighted by Gasteiger charge is 2.20. The van der Waals surface area contributed by atoms with E-state index in [2.05, 4.69) is 15.5 Å². The van der Waals surface area contributed by atoms with E-state index in [1.54, 1.807) is 13.3 Å². The minimum atomic E-state index is -0.547. The van der Waals surface area contributed by atoms with Crippen molar-refractivity contribution in [2.24, 2.45) is 0 Å². The summed E-state index contributed by atoms with van der Waals surface area (Å²) in [6, 6.07) is 11.7. The Hall–Kier alpha value is -2.91. The number of non-ortho nitro benzene ring substituents is 1. The van der Waals surface area contributed by atoms with Crippen molar-refractivity contribution in [1.82, 2.24) is 14.8 Å². The second-order valence-corrected chi connectivity index (χ2v) is 7.66. The lowest BCUT2D eigenvalue weighted by Crippen LogP contribution is -2.23. The van der Waals surface area contributed by atoms with Gasteiger partial charge in [-0.3, -0.25) is 19.5 Å². The van der Waals surface area contributed by atoms with E-state index in [9.17, 15) is 14.9 Å². The van der Waals surface area contributed by atoms with Crippen LogP contribution in [0.4, 0.5) is 11.4 Å². The summed E-state index contributed by atoms with van der Waals surface area (Å²) in [5.41, 5.74) is 2.00. The summed E-state index contributed by atoms with van der Waals surface area (Å²) in [6.07, 6.45) is 1.59. The number of aromatic nitrogens is 3. The highest BCUT2D eigenvalue weighted by molar-refractivity contribution is 8.00. The summed E-state index contributed by atoms with van der Waals surface area (Å²) < 4.78 is 1.81.